The van der Waals surface area contributed by atoms with Gasteiger partial charge < -0.3 is 5.73 Å². The van der Waals surface area contributed by atoms with Gasteiger partial charge >= 0.3 is 0 Å². The van der Waals surface area contributed by atoms with Crippen LogP contribution in [0.2, 0.25) is 10.0 Å². The monoisotopic (exact) mass is 315 g/mol. The van der Waals surface area contributed by atoms with Gasteiger partial charge in [-0.15, -0.1) is 0 Å². The van der Waals surface area contributed by atoms with E-state index in [2.05, 4.69) is 5.10 Å². The predicted octanol–water partition coefficient (Wildman–Crippen LogP) is 4.15. The number of nitrogens with zero attached hydrogens (tertiary/aromatic N) is 2. The average molecular weight is 316 g/mol. The Hall–Kier alpha value is -1.10. The molecule has 6 heteroatoms. The van der Waals surface area contributed by atoms with Gasteiger partial charge in [-0.3, -0.25) is 4.68 Å². The topological polar surface area (TPSA) is 43.8 Å². The molecule has 0 saturated heterocycles. The van der Waals surface area contributed by atoms with Crippen molar-refractivity contribution in [1.82, 2.24) is 9.78 Å². The molecular formula is C14H16Cl2FN3. The summed E-state index contributed by atoms with van der Waals surface area (Å²) in [4.78, 5) is 0. The lowest BCUT2D eigenvalue weighted by atomic mass is 10.0. The number of hydrogen-bond donors (Lipinski definition) is 1. The van der Waals surface area contributed by atoms with E-state index < -0.39 is 6.04 Å². The fourth-order valence-corrected chi connectivity index (χ4v) is 2.66. The van der Waals surface area contributed by atoms with Crippen LogP contribution in [0.15, 0.2) is 24.4 Å². The predicted molar refractivity (Wildman–Crippen MR) is 79.7 cm³/mol. The molecule has 108 valence electrons. The van der Waals surface area contributed by atoms with Crippen molar-refractivity contribution in [3.05, 3.63) is 51.5 Å². The molecule has 0 aliphatic rings. The van der Waals surface area contributed by atoms with Crippen LogP contribution in [0.25, 0.3) is 0 Å². The molecule has 0 aliphatic carbocycles. The van der Waals surface area contributed by atoms with Gasteiger partial charge in [0.1, 0.15) is 5.82 Å². The second kappa shape index (κ2) is 6.12. The molecular weight excluding hydrogens is 300 g/mol. The molecule has 0 fully saturated rings. The van der Waals surface area contributed by atoms with Gasteiger partial charge in [0.2, 0.25) is 0 Å². The number of aromatic nitrogens is 2. The third kappa shape index (κ3) is 2.97. The molecule has 0 radical (unpaired) electrons. The van der Waals surface area contributed by atoms with E-state index in [1.54, 1.807) is 23.0 Å². The van der Waals surface area contributed by atoms with E-state index in [1.807, 2.05) is 13.8 Å². The van der Waals surface area contributed by atoms with E-state index in [0.29, 0.717) is 21.3 Å². The van der Waals surface area contributed by atoms with Crippen LogP contribution < -0.4 is 5.73 Å². The summed E-state index contributed by atoms with van der Waals surface area (Å²) in [6.07, 6.45) is 1.82. The molecule has 1 aromatic heterocycles. The molecule has 2 N–H and O–H groups in total. The zero-order chi connectivity index (χ0) is 14.9. The Balaban J connectivity index is 2.33. The van der Waals surface area contributed by atoms with Gasteiger partial charge in [0.25, 0.3) is 0 Å². The van der Waals surface area contributed by atoms with Crippen LogP contribution in [0.5, 0.6) is 0 Å². The summed E-state index contributed by atoms with van der Waals surface area (Å²) < 4.78 is 15.6. The normalized spacial score (nSPS) is 12.9. The second-order valence-electron chi connectivity index (χ2n) is 4.93. The van der Waals surface area contributed by atoms with Crippen molar-refractivity contribution < 1.29 is 4.39 Å². The fraction of sp³-hybridized carbons (Fsp3) is 0.357. The Morgan fingerprint density at radius 2 is 2.00 bits per heavy atom. The summed E-state index contributed by atoms with van der Waals surface area (Å²) >= 11 is 12.2. The molecule has 1 unspecified atom stereocenters. The van der Waals surface area contributed by atoms with Crippen LogP contribution in [-0.4, -0.2) is 9.78 Å². The Kier molecular flexibility index (Phi) is 4.68. The highest BCUT2D eigenvalue weighted by molar-refractivity contribution is 6.31. The highest BCUT2D eigenvalue weighted by Gasteiger charge is 2.21. The van der Waals surface area contributed by atoms with Crippen LogP contribution in [0.3, 0.4) is 0 Å². The standard InChI is InChI=1S/C14H16Cl2FN3/c1-8(2)20-14(11(16)7-19-20)13(18)6-9-10(15)4-3-5-12(9)17/h3-5,7-8,13H,6,18H2,1-2H3. The van der Waals surface area contributed by atoms with Gasteiger partial charge in [-0.2, -0.15) is 5.10 Å². The maximum absolute atomic E-state index is 13.8. The van der Waals surface area contributed by atoms with E-state index in [9.17, 15) is 4.39 Å². The van der Waals surface area contributed by atoms with E-state index in [4.69, 9.17) is 28.9 Å². The van der Waals surface area contributed by atoms with Crippen molar-refractivity contribution in [2.45, 2.75) is 32.4 Å². The molecule has 0 amide bonds. The number of halogens is 3. The van der Waals surface area contributed by atoms with Crippen molar-refractivity contribution in [2.75, 3.05) is 0 Å². The Morgan fingerprint density at radius 3 is 2.60 bits per heavy atom. The SMILES string of the molecule is CC(C)n1ncc(Cl)c1C(N)Cc1c(F)cccc1Cl. The van der Waals surface area contributed by atoms with Crippen molar-refractivity contribution in [3.63, 3.8) is 0 Å². The molecule has 0 bridgehead atoms. The van der Waals surface area contributed by atoms with Crippen LogP contribution >= 0.6 is 23.2 Å². The third-order valence-corrected chi connectivity index (χ3v) is 3.76. The first-order chi connectivity index (χ1) is 9.41. The minimum absolute atomic E-state index is 0.125. The minimum atomic E-state index is -0.471. The second-order valence-corrected chi connectivity index (χ2v) is 5.74. The maximum atomic E-state index is 13.8. The molecule has 20 heavy (non-hydrogen) atoms. The van der Waals surface area contributed by atoms with Gasteiger partial charge in [-0.1, -0.05) is 29.3 Å². The first-order valence-electron chi connectivity index (χ1n) is 6.33. The van der Waals surface area contributed by atoms with Crippen molar-refractivity contribution >= 4 is 23.2 Å². The number of rotatable bonds is 4. The van der Waals surface area contributed by atoms with E-state index in [1.165, 1.54) is 6.07 Å². The molecule has 3 nitrogen and oxygen atoms in total. The summed E-state index contributed by atoms with van der Waals surface area (Å²) in [6, 6.07) is 4.24. The minimum Gasteiger partial charge on any atom is -0.322 e. The summed E-state index contributed by atoms with van der Waals surface area (Å²) in [7, 11) is 0. The van der Waals surface area contributed by atoms with Crippen molar-refractivity contribution in [3.8, 4) is 0 Å². The third-order valence-electron chi connectivity index (χ3n) is 3.11. The van der Waals surface area contributed by atoms with Gasteiger partial charge in [0.15, 0.2) is 0 Å². The zero-order valence-electron chi connectivity index (χ0n) is 11.3. The Morgan fingerprint density at radius 1 is 1.30 bits per heavy atom. The number of hydrogen-bond acceptors (Lipinski definition) is 2. The smallest absolute Gasteiger partial charge is 0.127 e. The average Bonchev–Trinajstić information content (AvgIpc) is 2.76. The van der Waals surface area contributed by atoms with Gasteiger partial charge in [0, 0.05) is 16.6 Å². The molecule has 1 atom stereocenters. The Bertz CT molecular complexity index is 590. The van der Waals surface area contributed by atoms with Crippen molar-refractivity contribution in [2.24, 2.45) is 5.73 Å². The quantitative estimate of drug-likeness (QED) is 0.921. The van der Waals surface area contributed by atoms with E-state index >= 15 is 0 Å². The Labute approximate surface area is 127 Å². The summed E-state index contributed by atoms with van der Waals surface area (Å²) in [5.74, 6) is -0.361. The first-order valence-corrected chi connectivity index (χ1v) is 7.08. The molecule has 0 spiro atoms. The molecule has 1 heterocycles. The highest BCUT2D eigenvalue weighted by Crippen LogP contribution is 2.29. The van der Waals surface area contributed by atoms with Gasteiger partial charge in [0.05, 0.1) is 23.0 Å². The molecule has 2 rings (SSSR count). The number of nitrogens with two attached hydrogens (primary N) is 1. The highest BCUT2D eigenvalue weighted by atomic mass is 35.5. The lowest BCUT2D eigenvalue weighted by Crippen LogP contribution is -2.20. The molecule has 2 aromatic rings. The van der Waals surface area contributed by atoms with E-state index in [-0.39, 0.29) is 18.3 Å². The van der Waals surface area contributed by atoms with E-state index in [0.717, 1.165) is 0 Å². The molecule has 0 saturated carbocycles. The fourth-order valence-electron chi connectivity index (χ4n) is 2.15. The lowest BCUT2D eigenvalue weighted by Gasteiger charge is -2.18. The van der Waals surface area contributed by atoms with Crippen LogP contribution in [0.1, 0.15) is 37.2 Å². The van der Waals surface area contributed by atoms with Crippen LogP contribution in [-0.2, 0) is 6.42 Å². The largest absolute Gasteiger partial charge is 0.322 e. The zero-order valence-corrected chi connectivity index (χ0v) is 12.8. The van der Waals surface area contributed by atoms with Crippen LogP contribution in [0.4, 0.5) is 4.39 Å². The lowest BCUT2D eigenvalue weighted by molar-refractivity contribution is 0.482. The van der Waals surface area contributed by atoms with Crippen molar-refractivity contribution in [1.29, 1.82) is 0 Å². The first kappa shape index (κ1) is 15.3. The number of benzene rings is 1. The summed E-state index contributed by atoms with van der Waals surface area (Å²) in [5, 5.41) is 5.05. The van der Waals surface area contributed by atoms with Crippen LogP contribution in [0, 0.1) is 5.82 Å². The maximum Gasteiger partial charge on any atom is 0.127 e. The summed E-state index contributed by atoms with van der Waals surface area (Å²) in [6.45, 7) is 3.96. The molecule has 0 aliphatic heterocycles. The van der Waals surface area contributed by atoms with Gasteiger partial charge in [-0.05, 0) is 32.4 Å². The van der Waals surface area contributed by atoms with Gasteiger partial charge in [-0.25, -0.2) is 4.39 Å². The molecule has 1 aromatic carbocycles. The summed E-state index contributed by atoms with van der Waals surface area (Å²) in [5.41, 5.74) is 7.27.